The molecule has 6 rings (SSSR count). The van der Waals surface area contributed by atoms with E-state index in [1.807, 2.05) is 12.1 Å². The third-order valence-electron chi connectivity index (χ3n) is 7.82. The molecule has 0 bridgehead atoms. The molecule has 2 aliphatic heterocycles. The second-order valence-electron chi connectivity index (χ2n) is 9.59. The van der Waals surface area contributed by atoms with Gasteiger partial charge in [0.2, 0.25) is 9.84 Å². The summed E-state index contributed by atoms with van der Waals surface area (Å²) >= 11 is 0. The number of anilines is 1. The maximum atomic E-state index is 13.1. The number of piperidine rings is 1. The molecule has 5 nitrogen and oxygen atoms in total. The Balaban J connectivity index is 1.30. The molecule has 1 N–H and O–H groups in total. The summed E-state index contributed by atoms with van der Waals surface area (Å²) in [5.74, 6) is 1.52. The molecule has 3 fully saturated rings. The molecule has 3 heterocycles. The molecule has 4 atom stereocenters. The minimum absolute atomic E-state index is 0.247. The molecule has 1 aromatic heterocycles. The van der Waals surface area contributed by atoms with Crippen LogP contribution in [-0.4, -0.2) is 38.6 Å². The Labute approximate surface area is 189 Å². The molecule has 2 aromatic carbocycles. The van der Waals surface area contributed by atoms with Gasteiger partial charge in [-0.2, -0.15) is 0 Å². The van der Waals surface area contributed by atoms with Crippen molar-refractivity contribution in [1.82, 2.24) is 10.3 Å². The molecule has 3 aromatic rings. The van der Waals surface area contributed by atoms with Crippen molar-refractivity contribution in [2.24, 2.45) is 11.8 Å². The Hall–Kier alpha value is -2.44. The highest BCUT2D eigenvalue weighted by Crippen LogP contribution is 2.42. The van der Waals surface area contributed by atoms with Gasteiger partial charge < -0.3 is 10.2 Å². The second kappa shape index (κ2) is 7.85. The number of benzene rings is 2. The summed E-state index contributed by atoms with van der Waals surface area (Å²) in [6.45, 7) is 2.12. The van der Waals surface area contributed by atoms with Gasteiger partial charge in [0.1, 0.15) is 0 Å². The molecule has 2 saturated heterocycles. The number of fused-ring (bicyclic) bond motifs is 4. The van der Waals surface area contributed by atoms with Crippen molar-refractivity contribution in [2.75, 3.05) is 18.0 Å². The Kier molecular flexibility index (Phi) is 4.95. The molecule has 6 heteroatoms. The minimum atomic E-state index is -3.58. The first-order valence-electron chi connectivity index (χ1n) is 11.8. The number of sulfone groups is 1. The first-order valence-corrected chi connectivity index (χ1v) is 13.3. The fourth-order valence-corrected chi connectivity index (χ4v) is 7.45. The van der Waals surface area contributed by atoms with E-state index in [4.69, 9.17) is 0 Å². The maximum absolute atomic E-state index is 13.1. The zero-order valence-corrected chi connectivity index (χ0v) is 19.0. The number of rotatable bonds is 3. The number of hydrogen-bond acceptors (Lipinski definition) is 5. The molecule has 0 radical (unpaired) electrons. The number of nitrogens with one attached hydrogen (secondary N) is 1. The van der Waals surface area contributed by atoms with Crippen LogP contribution in [0.4, 0.5) is 5.69 Å². The van der Waals surface area contributed by atoms with Crippen molar-refractivity contribution >= 4 is 26.4 Å². The van der Waals surface area contributed by atoms with E-state index in [1.165, 1.54) is 44.0 Å². The molecule has 1 saturated carbocycles. The van der Waals surface area contributed by atoms with Gasteiger partial charge in [-0.3, -0.25) is 4.98 Å². The van der Waals surface area contributed by atoms with Crippen molar-refractivity contribution in [3.8, 4) is 0 Å². The zero-order valence-electron chi connectivity index (χ0n) is 18.2. The summed E-state index contributed by atoms with van der Waals surface area (Å²) in [4.78, 5) is 7.50. The summed E-state index contributed by atoms with van der Waals surface area (Å²) in [5.41, 5.74) is 2.00. The van der Waals surface area contributed by atoms with Gasteiger partial charge in [-0.05, 0) is 67.5 Å². The van der Waals surface area contributed by atoms with Gasteiger partial charge in [-0.25, -0.2) is 8.42 Å². The Morgan fingerprint density at radius 1 is 0.875 bits per heavy atom. The molecule has 0 amide bonds. The van der Waals surface area contributed by atoms with Crippen molar-refractivity contribution in [1.29, 1.82) is 0 Å². The largest absolute Gasteiger partial charge is 0.371 e. The van der Waals surface area contributed by atoms with E-state index in [2.05, 4.69) is 27.3 Å². The molecule has 0 spiro atoms. The smallest absolute Gasteiger partial charge is 0.208 e. The Bertz CT molecular complexity index is 1240. The van der Waals surface area contributed by atoms with Crippen LogP contribution in [0.3, 0.4) is 0 Å². The molecule has 1 aliphatic carbocycles. The van der Waals surface area contributed by atoms with E-state index >= 15 is 0 Å². The van der Waals surface area contributed by atoms with Crippen LogP contribution in [0.15, 0.2) is 70.6 Å². The first kappa shape index (κ1) is 20.2. The molecule has 166 valence electrons. The highest BCUT2D eigenvalue weighted by atomic mass is 32.2. The predicted molar refractivity (Wildman–Crippen MR) is 127 cm³/mol. The third-order valence-corrected chi connectivity index (χ3v) is 9.56. The van der Waals surface area contributed by atoms with Gasteiger partial charge >= 0.3 is 0 Å². The van der Waals surface area contributed by atoms with E-state index in [0.717, 1.165) is 29.9 Å². The fourth-order valence-electron chi connectivity index (χ4n) is 6.19. The van der Waals surface area contributed by atoms with Crippen LogP contribution >= 0.6 is 0 Å². The van der Waals surface area contributed by atoms with Crippen molar-refractivity contribution < 1.29 is 8.42 Å². The van der Waals surface area contributed by atoms with E-state index in [9.17, 15) is 8.42 Å². The zero-order chi connectivity index (χ0) is 21.7. The van der Waals surface area contributed by atoms with E-state index in [1.54, 1.807) is 30.3 Å². The van der Waals surface area contributed by atoms with Crippen LogP contribution in [0, 0.1) is 11.8 Å². The van der Waals surface area contributed by atoms with Crippen LogP contribution in [0.5, 0.6) is 0 Å². The predicted octanol–water partition coefficient (Wildman–Crippen LogP) is 4.42. The number of hydrogen-bond donors (Lipinski definition) is 1. The van der Waals surface area contributed by atoms with Crippen LogP contribution in [0.25, 0.3) is 10.9 Å². The maximum Gasteiger partial charge on any atom is 0.208 e. The van der Waals surface area contributed by atoms with Crippen molar-refractivity contribution in [3.05, 3.63) is 60.8 Å². The van der Waals surface area contributed by atoms with Crippen LogP contribution in [-0.2, 0) is 9.84 Å². The van der Waals surface area contributed by atoms with Crippen molar-refractivity contribution in [2.45, 2.75) is 54.0 Å². The fraction of sp³-hybridized carbons (Fsp3) is 0.423. The van der Waals surface area contributed by atoms with E-state index in [-0.39, 0.29) is 4.90 Å². The summed E-state index contributed by atoms with van der Waals surface area (Å²) in [5, 5.41) is 4.81. The lowest BCUT2D eigenvalue weighted by Gasteiger charge is -2.39. The lowest BCUT2D eigenvalue weighted by molar-refractivity contribution is 0.256. The SMILES string of the molecule is O=S(=O)(c1ccccc1)c1cnc2ccc(N3CCC4NC5CCCCC5C4C3)cc2c1. The first-order chi connectivity index (χ1) is 15.6. The molecule has 32 heavy (non-hydrogen) atoms. The summed E-state index contributed by atoms with van der Waals surface area (Å²) < 4.78 is 26.1. The van der Waals surface area contributed by atoms with Gasteiger partial charge in [0.15, 0.2) is 0 Å². The highest BCUT2D eigenvalue weighted by Gasteiger charge is 2.45. The van der Waals surface area contributed by atoms with Gasteiger partial charge in [-0.1, -0.05) is 31.0 Å². The van der Waals surface area contributed by atoms with Gasteiger partial charge in [-0.15, -0.1) is 0 Å². The Morgan fingerprint density at radius 3 is 2.56 bits per heavy atom. The number of nitrogens with zero attached hydrogens (tertiary/aromatic N) is 2. The average molecular weight is 448 g/mol. The Morgan fingerprint density at radius 2 is 1.69 bits per heavy atom. The quantitative estimate of drug-likeness (QED) is 0.644. The molecule has 4 unspecified atom stereocenters. The lowest BCUT2D eigenvalue weighted by atomic mass is 9.76. The number of pyridine rings is 1. The second-order valence-corrected chi connectivity index (χ2v) is 11.5. The topological polar surface area (TPSA) is 62.3 Å². The van der Waals surface area contributed by atoms with Gasteiger partial charge in [0.25, 0.3) is 0 Å². The molecular weight excluding hydrogens is 418 g/mol. The van der Waals surface area contributed by atoms with Gasteiger partial charge in [0.05, 0.1) is 15.3 Å². The standard InChI is InChI=1S/C26H29N3O2S/c30-32(31,20-6-2-1-3-7-20)21-15-18-14-19(10-11-24(18)27-16-21)29-13-12-26-23(17-29)22-8-4-5-9-25(22)28-26/h1-3,6-7,10-11,14-16,22-23,25-26,28H,4-5,8-9,12-13,17H2. The van der Waals surface area contributed by atoms with Crippen LogP contribution in [0.1, 0.15) is 32.1 Å². The van der Waals surface area contributed by atoms with E-state index in [0.29, 0.717) is 22.9 Å². The minimum Gasteiger partial charge on any atom is -0.371 e. The van der Waals surface area contributed by atoms with E-state index < -0.39 is 9.84 Å². The monoisotopic (exact) mass is 447 g/mol. The lowest BCUT2D eigenvalue weighted by Crippen LogP contribution is -2.45. The molecular formula is C26H29N3O2S. The third kappa shape index (κ3) is 3.41. The van der Waals surface area contributed by atoms with Crippen LogP contribution < -0.4 is 10.2 Å². The normalized spacial score (nSPS) is 27.8. The summed E-state index contributed by atoms with van der Waals surface area (Å²) in [6, 6.07) is 18.0. The van der Waals surface area contributed by atoms with Crippen molar-refractivity contribution in [3.63, 3.8) is 0 Å². The highest BCUT2D eigenvalue weighted by molar-refractivity contribution is 7.91. The summed E-state index contributed by atoms with van der Waals surface area (Å²) in [6.07, 6.45) is 8.07. The molecule has 3 aliphatic rings. The van der Waals surface area contributed by atoms with Crippen LogP contribution in [0.2, 0.25) is 0 Å². The summed E-state index contributed by atoms with van der Waals surface area (Å²) in [7, 11) is -3.58. The van der Waals surface area contributed by atoms with Gasteiger partial charge in [0, 0.05) is 42.4 Å². The number of aromatic nitrogens is 1. The average Bonchev–Trinajstić information content (AvgIpc) is 3.22.